The number of aromatic nitrogens is 1. The molecule has 4 aromatic carbocycles. The van der Waals surface area contributed by atoms with Crippen LogP contribution in [0, 0.1) is 0 Å². The molecule has 6 rings (SSSR count). The Morgan fingerprint density at radius 2 is 1.71 bits per heavy atom. The van der Waals surface area contributed by atoms with Crippen LogP contribution in [0.15, 0.2) is 118 Å². The molecule has 1 aliphatic rings. The Morgan fingerprint density at radius 1 is 0.956 bits per heavy atom. The van der Waals surface area contributed by atoms with Crippen LogP contribution in [0.3, 0.4) is 0 Å². The predicted octanol–water partition coefficient (Wildman–Crippen LogP) is 6.18. The second-order valence-corrected chi connectivity index (χ2v) is 11.6. The first kappa shape index (κ1) is 30.1. The first-order chi connectivity index (χ1) is 21.9. The summed E-state index contributed by atoms with van der Waals surface area (Å²) in [6, 6.07) is 31.1. The van der Waals surface area contributed by atoms with Gasteiger partial charge in [-0.2, -0.15) is 0 Å². The Balaban J connectivity index is 1.47. The summed E-state index contributed by atoms with van der Waals surface area (Å²) in [5.41, 5.74) is 3.77. The van der Waals surface area contributed by atoms with E-state index in [-0.39, 0.29) is 12.2 Å². The van der Waals surface area contributed by atoms with E-state index in [4.69, 9.17) is 30.8 Å². The average Bonchev–Trinajstić information content (AvgIpc) is 3.38. The molecule has 9 heteroatoms. The number of ether oxygens (including phenoxy) is 3. The number of benzene rings is 4. The molecule has 0 amide bonds. The molecule has 0 N–H and O–H groups in total. The average molecular weight is 637 g/mol. The lowest BCUT2D eigenvalue weighted by Gasteiger charge is -2.26. The lowest BCUT2D eigenvalue weighted by molar-refractivity contribution is -0.138. The normalized spacial score (nSPS) is 14.5. The van der Waals surface area contributed by atoms with Crippen molar-refractivity contribution in [3.63, 3.8) is 0 Å². The van der Waals surface area contributed by atoms with Crippen LogP contribution in [0.4, 0.5) is 0 Å². The van der Waals surface area contributed by atoms with Crippen molar-refractivity contribution in [3.8, 4) is 11.5 Å². The number of carbonyl (C=O) groups excluding carboxylic acids is 1. The van der Waals surface area contributed by atoms with E-state index < -0.39 is 12.0 Å². The molecule has 45 heavy (non-hydrogen) atoms. The van der Waals surface area contributed by atoms with Crippen molar-refractivity contribution >= 4 is 40.7 Å². The molecule has 1 aliphatic heterocycles. The van der Waals surface area contributed by atoms with E-state index in [9.17, 15) is 9.59 Å². The van der Waals surface area contributed by atoms with Crippen molar-refractivity contribution in [2.24, 2.45) is 4.99 Å². The van der Waals surface area contributed by atoms with E-state index in [0.29, 0.717) is 43.7 Å². The second-order valence-electron chi connectivity index (χ2n) is 10.2. The second kappa shape index (κ2) is 13.4. The molecular formula is C36H29ClN2O5S. The summed E-state index contributed by atoms with van der Waals surface area (Å²) < 4.78 is 19.0. The summed E-state index contributed by atoms with van der Waals surface area (Å²) in [7, 11) is 1.59. The van der Waals surface area contributed by atoms with E-state index in [2.05, 4.69) is 0 Å². The minimum Gasteiger partial charge on any atom is -0.497 e. The van der Waals surface area contributed by atoms with Gasteiger partial charge in [-0.3, -0.25) is 9.36 Å². The molecule has 1 atom stereocenters. The third-order valence-electron chi connectivity index (χ3n) is 7.28. The van der Waals surface area contributed by atoms with Crippen LogP contribution >= 0.6 is 22.9 Å². The number of hydrogen-bond donors (Lipinski definition) is 0. The minimum atomic E-state index is -0.766. The molecule has 0 radical (unpaired) electrons. The first-order valence-corrected chi connectivity index (χ1v) is 15.5. The van der Waals surface area contributed by atoms with Gasteiger partial charge in [-0.05, 0) is 66.1 Å². The van der Waals surface area contributed by atoms with E-state index in [1.807, 2.05) is 109 Å². The van der Waals surface area contributed by atoms with Crippen molar-refractivity contribution in [1.82, 2.24) is 4.57 Å². The molecule has 5 aromatic rings. The maximum Gasteiger partial charge on any atom is 0.338 e. The molecular weight excluding hydrogens is 608 g/mol. The lowest BCUT2D eigenvalue weighted by Crippen LogP contribution is -2.40. The van der Waals surface area contributed by atoms with Gasteiger partial charge in [0.25, 0.3) is 5.56 Å². The zero-order valence-corrected chi connectivity index (χ0v) is 26.2. The summed E-state index contributed by atoms with van der Waals surface area (Å²) >= 11 is 7.27. The van der Waals surface area contributed by atoms with Gasteiger partial charge < -0.3 is 14.2 Å². The molecule has 0 aliphatic carbocycles. The summed E-state index contributed by atoms with van der Waals surface area (Å²) in [5.74, 6) is 0.800. The fourth-order valence-electron chi connectivity index (χ4n) is 5.13. The van der Waals surface area contributed by atoms with Gasteiger partial charge >= 0.3 is 5.97 Å². The number of thiazole rings is 1. The van der Waals surface area contributed by atoms with Gasteiger partial charge in [0.2, 0.25) is 0 Å². The van der Waals surface area contributed by atoms with Crippen molar-refractivity contribution in [2.45, 2.75) is 19.6 Å². The Morgan fingerprint density at radius 3 is 2.42 bits per heavy atom. The van der Waals surface area contributed by atoms with E-state index in [1.54, 1.807) is 18.6 Å². The molecule has 0 spiro atoms. The molecule has 7 nitrogen and oxygen atoms in total. The summed E-state index contributed by atoms with van der Waals surface area (Å²) in [5, 5.41) is 0.668. The van der Waals surface area contributed by atoms with Gasteiger partial charge in [0.15, 0.2) is 4.80 Å². The monoisotopic (exact) mass is 636 g/mol. The smallest absolute Gasteiger partial charge is 0.338 e. The number of methoxy groups -OCH3 is 1. The number of nitrogens with zero attached hydrogens (tertiary/aromatic N) is 2. The topological polar surface area (TPSA) is 79.1 Å². The van der Waals surface area contributed by atoms with Gasteiger partial charge in [-0.15, -0.1) is 0 Å². The van der Waals surface area contributed by atoms with Crippen LogP contribution in [-0.2, 0) is 16.1 Å². The number of esters is 1. The summed E-state index contributed by atoms with van der Waals surface area (Å²) in [6.45, 7) is 2.32. The van der Waals surface area contributed by atoms with Crippen molar-refractivity contribution in [3.05, 3.63) is 156 Å². The Hall–Kier alpha value is -4.92. The molecule has 0 saturated carbocycles. The van der Waals surface area contributed by atoms with Crippen LogP contribution in [0.25, 0.3) is 11.8 Å². The fourth-order valence-corrected chi connectivity index (χ4v) is 6.26. The fraction of sp³-hybridized carbons (Fsp3) is 0.139. The summed E-state index contributed by atoms with van der Waals surface area (Å²) in [6.07, 6.45) is 1.82. The van der Waals surface area contributed by atoms with Crippen LogP contribution < -0.4 is 24.4 Å². The molecule has 226 valence electrons. The molecule has 2 heterocycles. The van der Waals surface area contributed by atoms with Crippen LogP contribution in [0.2, 0.25) is 5.02 Å². The maximum atomic E-state index is 14.2. The third kappa shape index (κ3) is 6.48. The lowest BCUT2D eigenvalue weighted by atomic mass is 9.93. The maximum absolute atomic E-state index is 14.2. The highest BCUT2D eigenvalue weighted by atomic mass is 35.5. The predicted molar refractivity (Wildman–Crippen MR) is 176 cm³/mol. The minimum absolute atomic E-state index is 0.181. The highest BCUT2D eigenvalue weighted by Gasteiger charge is 2.35. The van der Waals surface area contributed by atoms with Crippen molar-refractivity contribution < 1.29 is 19.0 Å². The molecule has 0 fully saturated rings. The van der Waals surface area contributed by atoms with Gasteiger partial charge in [0.05, 0.1) is 35.6 Å². The number of rotatable bonds is 9. The Kier molecular flexibility index (Phi) is 8.96. The highest BCUT2D eigenvalue weighted by Crippen LogP contribution is 2.35. The zero-order valence-electron chi connectivity index (χ0n) is 24.6. The molecule has 1 aromatic heterocycles. The van der Waals surface area contributed by atoms with Crippen molar-refractivity contribution in [1.29, 1.82) is 0 Å². The number of halogens is 1. The highest BCUT2D eigenvalue weighted by molar-refractivity contribution is 7.07. The quantitative estimate of drug-likeness (QED) is 0.181. The molecule has 0 bridgehead atoms. The number of fused-ring (bicyclic) bond motifs is 1. The molecule has 0 saturated heterocycles. The van der Waals surface area contributed by atoms with E-state index in [0.717, 1.165) is 22.3 Å². The third-order valence-corrected chi connectivity index (χ3v) is 8.51. The summed E-state index contributed by atoms with van der Waals surface area (Å²) in [4.78, 5) is 33.2. The number of carbonyl (C=O) groups is 1. The van der Waals surface area contributed by atoms with Crippen LogP contribution in [0.1, 0.15) is 35.2 Å². The van der Waals surface area contributed by atoms with Crippen LogP contribution in [-0.4, -0.2) is 24.3 Å². The van der Waals surface area contributed by atoms with E-state index >= 15 is 0 Å². The van der Waals surface area contributed by atoms with Gasteiger partial charge in [-0.1, -0.05) is 89.7 Å². The first-order valence-electron chi connectivity index (χ1n) is 14.3. The van der Waals surface area contributed by atoms with Gasteiger partial charge in [0.1, 0.15) is 18.1 Å². The Labute approximate surface area is 268 Å². The van der Waals surface area contributed by atoms with Gasteiger partial charge in [0, 0.05) is 10.6 Å². The Bertz CT molecular complexity index is 2050. The zero-order chi connectivity index (χ0) is 31.3. The largest absolute Gasteiger partial charge is 0.497 e. The van der Waals surface area contributed by atoms with E-state index in [1.165, 1.54) is 11.3 Å². The van der Waals surface area contributed by atoms with Crippen LogP contribution in [0.5, 0.6) is 11.5 Å². The molecule has 0 unspecified atom stereocenters. The number of hydrogen-bond acceptors (Lipinski definition) is 7. The SMILES string of the molecule is CCOC(=O)C1=C(c2ccccc2)N=c2s/c(=C/c3cccc(OCc4ccc(Cl)cc4)c3)c(=O)n2[C@@H]1c1ccc(OC)cc1. The van der Waals surface area contributed by atoms with Gasteiger partial charge in [-0.25, -0.2) is 9.79 Å². The van der Waals surface area contributed by atoms with Crippen molar-refractivity contribution in [2.75, 3.05) is 13.7 Å². The standard InChI is InChI=1S/C36H29ClN2O5S/c1-3-43-35(41)31-32(25-9-5-4-6-10-25)38-36-39(33(31)26-14-18-28(42-2)19-15-26)34(40)30(45-36)21-24-8-7-11-29(20-24)44-22-23-12-16-27(37)17-13-23/h4-21,33H,3,22H2,1-2H3/b30-21+/t33-/m1/s1.